The summed E-state index contributed by atoms with van der Waals surface area (Å²) < 4.78 is 18.6. The lowest BCUT2D eigenvalue weighted by molar-refractivity contribution is 0.0526. The first kappa shape index (κ1) is 22.1. The van der Waals surface area contributed by atoms with Crippen LogP contribution in [0.5, 0.6) is 11.5 Å². The van der Waals surface area contributed by atoms with E-state index in [-0.39, 0.29) is 5.97 Å². The zero-order valence-corrected chi connectivity index (χ0v) is 18.9. The number of pyridine rings is 1. The van der Waals surface area contributed by atoms with Gasteiger partial charge in [0.1, 0.15) is 18.1 Å². The highest BCUT2D eigenvalue weighted by atomic mass is 16.5. The highest BCUT2D eigenvalue weighted by molar-refractivity contribution is 5.89. The summed E-state index contributed by atoms with van der Waals surface area (Å²) in [5.41, 5.74) is 5.14. The second-order valence-electron chi connectivity index (χ2n) is 7.48. The number of rotatable bonds is 8. The van der Waals surface area contributed by atoms with E-state index < -0.39 is 0 Å². The second-order valence-corrected chi connectivity index (χ2v) is 7.48. The lowest BCUT2D eigenvalue weighted by Gasteiger charge is -2.16. The van der Waals surface area contributed by atoms with Crippen molar-refractivity contribution >= 4 is 5.97 Å². The Labute approximate surface area is 193 Å². The number of benzene rings is 2. The summed E-state index contributed by atoms with van der Waals surface area (Å²) >= 11 is 0. The van der Waals surface area contributed by atoms with E-state index in [9.17, 15) is 4.79 Å². The predicted molar refractivity (Wildman–Crippen MR) is 127 cm³/mol. The van der Waals surface area contributed by atoms with Gasteiger partial charge in [-0.15, -0.1) is 0 Å². The van der Waals surface area contributed by atoms with Crippen LogP contribution in [0, 0.1) is 6.92 Å². The van der Waals surface area contributed by atoms with E-state index >= 15 is 0 Å². The fourth-order valence-electron chi connectivity index (χ4n) is 3.65. The Kier molecular flexibility index (Phi) is 6.74. The van der Waals surface area contributed by atoms with Crippen molar-refractivity contribution in [2.24, 2.45) is 0 Å². The van der Waals surface area contributed by atoms with Gasteiger partial charge in [0.25, 0.3) is 0 Å². The van der Waals surface area contributed by atoms with Crippen LogP contribution in [0.1, 0.15) is 28.5 Å². The molecule has 2 heterocycles. The molecule has 6 heteroatoms. The maximum atomic E-state index is 12.2. The van der Waals surface area contributed by atoms with Crippen molar-refractivity contribution in [3.63, 3.8) is 0 Å². The minimum Gasteiger partial charge on any atom is -0.497 e. The molecule has 0 spiro atoms. The van der Waals surface area contributed by atoms with Crippen LogP contribution in [0.4, 0.5) is 0 Å². The van der Waals surface area contributed by atoms with Crippen molar-refractivity contribution in [3.8, 4) is 28.4 Å². The Morgan fingerprint density at radius 3 is 2.55 bits per heavy atom. The molecule has 0 fully saturated rings. The van der Waals surface area contributed by atoms with Gasteiger partial charge >= 0.3 is 5.97 Å². The number of nitrogens with zero attached hydrogens (tertiary/aromatic N) is 2. The Bertz CT molecular complexity index is 1250. The van der Waals surface area contributed by atoms with Crippen LogP contribution in [-0.2, 0) is 11.3 Å². The van der Waals surface area contributed by atoms with E-state index in [1.54, 1.807) is 26.3 Å². The van der Waals surface area contributed by atoms with Gasteiger partial charge in [0, 0.05) is 17.5 Å². The number of carbonyl (C=O) groups excluding carboxylic acids is 1. The van der Waals surface area contributed by atoms with Crippen molar-refractivity contribution < 1.29 is 19.0 Å². The smallest absolute Gasteiger partial charge is 0.339 e. The van der Waals surface area contributed by atoms with Crippen molar-refractivity contribution in [2.75, 3.05) is 13.7 Å². The molecule has 0 unspecified atom stereocenters. The third-order valence-electron chi connectivity index (χ3n) is 5.29. The molecule has 0 saturated heterocycles. The van der Waals surface area contributed by atoms with Gasteiger partial charge in [-0.05, 0) is 61.9 Å². The highest BCUT2D eigenvalue weighted by Crippen LogP contribution is 2.34. The molecule has 0 aliphatic rings. The molecule has 4 rings (SSSR count). The minimum atomic E-state index is -0.388. The highest BCUT2D eigenvalue weighted by Gasteiger charge is 2.16. The Morgan fingerprint density at radius 2 is 1.79 bits per heavy atom. The van der Waals surface area contributed by atoms with Gasteiger partial charge < -0.3 is 18.8 Å². The van der Waals surface area contributed by atoms with E-state index in [0.717, 1.165) is 39.7 Å². The molecule has 0 atom stereocenters. The summed E-state index contributed by atoms with van der Waals surface area (Å²) in [5.74, 6) is 1.19. The Hall–Kier alpha value is -4.06. The predicted octanol–water partition coefficient (Wildman–Crippen LogP) is 5.61. The molecule has 0 radical (unpaired) electrons. The summed E-state index contributed by atoms with van der Waals surface area (Å²) in [6.07, 6.45) is 3.26. The number of carbonyl (C=O) groups is 1. The van der Waals surface area contributed by atoms with Gasteiger partial charge in [0.15, 0.2) is 0 Å². The van der Waals surface area contributed by atoms with Crippen molar-refractivity contribution in [2.45, 2.75) is 20.5 Å². The normalized spacial score (nSPS) is 10.6. The number of hydrogen-bond donors (Lipinski definition) is 0. The van der Waals surface area contributed by atoms with Gasteiger partial charge in [-0.25, -0.2) is 4.79 Å². The van der Waals surface area contributed by atoms with Crippen molar-refractivity contribution in [1.29, 1.82) is 0 Å². The largest absolute Gasteiger partial charge is 0.497 e. The number of hydrogen-bond acceptors (Lipinski definition) is 5. The second kappa shape index (κ2) is 10.0. The zero-order valence-electron chi connectivity index (χ0n) is 18.9. The van der Waals surface area contributed by atoms with Crippen LogP contribution < -0.4 is 9.47 Å². The zero-order chi connectivity index (χ0) is 23.2. The molecular weight excluding hydrogens is 416 g/mol. The summed E-state index contributed by atoms with van der Waals surface area (Å²) in [7, 11) is 1.65. The van der Waals surface area contributed by atoms with E-state index in [1.807, 2.05) is 67.6 Å². The summed E-state index contributed by atoms with van der Waals surface area (Å²) in [5, 5.41) is 0. The van der Waals surface area contributed by atoms with E-state index in [4.69, 9.17) is 14.2 Å². The molecule has 0 bridgehead atoms. The first-order valence-corrected chi connectivity index (χ1v) is 10.8. The Balaban J connectivity index is 1.66. The molecule has 33 heavy (non-hydrogen) atoms. The molecule has 2 aromatic heterocycles. The molecular formula is C27H26N2O4. The monoisotopic (exact) mass is 442 g/mol. The van der Waals surface area contributed by atoms with Gasteiger partial charge in [0.2, 0.25) is 0 Å². The van der Waals surface area contributed by atoms with Gasteiger partial charge in [0.05, 0.1) is 36.9 Å². The van der Waals surface area contributed by atoms with Crippen LogP contribution in [0.25, 0.3) is 16.9 Å². The SMILES string of the molecule is CCOC(=O)c1cncc(-n2c(C)ccc2-c2ccccc2OCc2ccc(OC)cc2)c1. The molecule has 0 aliphatic heterocycles. The number of esters is 1. The maximum Gasteiger partial charge on any atom is 0.339 e. The van der Waals surface area contributed by atoms with Crippen LogP contribution in [0.3, 0.4) is 0 Å². The fourth-order valence-corrected chi connectivity index (χ4v) is 3.65. The van der Waals surface area contributed by atoms with Crippen LogP contribution in [-0.4, -0.2) is 29.2 Å². The molecule has 0 amide bonds. The average Bonchev–Trinajstić information content (AvgIpc) is 3.24. The van der Waals surface area contributed by atoms with E-state index in [2.05, 4.69) is 9.55 Å². The first-order chi connectivity index (χ1) is 16.1. The molecule has 2 aromatic carbocycles. The third-order valence-corrected chi connectivity index (χ3v) is 5.29. The van der Waals surface area contributed by atoms with E-state index in [0.29, 0.717) is 18.8 Å². The lowest BCUT2D eigenvalue weighted by atomic mass is 10.1. The van der Waals surface area contributed by atoms with Crippen molar-refractivity contribution in [3.05, 3.63) is 95.9 Å². The van der Waals surface area contributed by atoms with Crippen LogP contribution >= 0.6 is 0 Å². The topological polar surface area (TPSA) is 62.6 Å². The van der Waals surface area contributed by atoms with Crippen molar-refractivity contribution in [1.82, 2.24) is 9.55 Å². The number of aromatic nitrogens is 2. The first-order valence-electron chi connectivity index (χ1n) is 10.8. The number of methoxy groups -OCH3 is 1. The minimum absolute atomic E-state index is 0.315. The average molecular weight is 443 g/mol. The molecule has 4 aromatic rings. The number of ether oxygens (including phenoxy) is 3. The van der Waals surface area contributed by atoms with Gasteiger partial charge in [-0.1, -0.05) is 24.3 Å². The number of aryl methyl sites for hydroxylation is 1. The van der Waals surface area contributed by atoms with Gasteiger partial charge in [-0.2, -0.15) is 0 Å². The lowest BCUT2D eigenvalue weighted by Crippen LogP contribution is -2.07. The molecule has 0 N–H and O–H groups in total. The maximum absolute atomic E-state index is 12.2. The number of para-hydroxylation sites is 1. The summed E-state index contributed by atoms with van der Waals surface area (Å²) in [6.45, 7) is 4.55. The molecule has 6 nitrogen and oxygen atoms in total. The molecule has 0 saturated carbocycles. The summed E-state index contributed by atoms with van der Waals surface area (Å²) in [6, 6.07) is 21.6. The quantitative estimate of drug-likeness (QED) is 0.332. The fraction of sp³-hybridized carbons (Fsp3) is 0.185. The van der Waals surface area contributed by atoms with Crippen LogP contribution in [0.15, 0.2) is 79.1 Å². The molecule has 168 valence electrons. The standard InChI is InChI=1S/C27H26N2O4/c1-4-32-27(30)21-15-22(17-28-16-21)29-19(2)9-14-25(29)24-7-5-6-8-26(24)33-18-20-10-12-23(31-3)13-11-20/h5-17H,4,18H2,1-3H3. The van der Waals surface area contributed by atoms with Gasteiger partial charge in [-0.3, -0.25) is 4.98 Å². The van der Waals surface area contributed by atoms with E-state index in [1.165, 1.54) is 6.20 Å². The third kappa shape index (κ3) is 4.90. The molecule has 0 aliphatic carbocycles. The summed E-state index contributed by atoms with van der Waals surface area (Å²) in [4.78, 5) is 16.5. The Morgan fingerprint density at radius 1 is 1.00 bits per heavy atom. The van der Waals surface area contributed by atoms with Crippen LogP contribution in [0.2, 0.25) is 0 Å².